The van der Waals surface area contributed by atoms with Crippen LogP contribution in [-0.2, 0) is 9.47 Å². The Balaban J connectivity index is 1.67. The van der Waals surface area contributed by atoms with Crippen LogP contribution in [0.25, 0.3) is 0 Å². The monoisotopic (exact) mass is 227 g/mol. The van der Waals surface area contributed by atoms with Gasteiger partial charge in [-0.25, -0.2) is 0 Å². The molecule has 3 heteroatoms. The second kappa shape index (κ2) is 5.99. The lowest BCUT2D eigenvalue weighted by atomic mass is 9.92. The number of methoxy groups -OCH3 is 2. The van der Waals surface area contributed by atoms with Crippen molar-refractivity contribution in [2.75, 3.05) is 14.2 Å². The zero-order chi connectivity index (χ0) is 11.4. The van der Waals surface area contributed by atoms with E-state index in [1.807, 2.05) is 14.2 Å². The summed E-state index contributed by atoms with van der Waals surface area (Å²) in [7, 11) is 3.66. The molecule has 0 saturated heterocycles. The Morgan fingerprint density at radius 1 is 0.750 bits per heavy atom. The van der Waals surface area contributed by atoms with Gasteiger partial charge in [0.25, 0.3) is 0 Å². The molecule has 3 nitrogen and oxygen atoms in total. The minimum absolute atomic E-state index is 0.493. The maximum Gasteiger partial charge on any atom is 0.0586 e. The van der Waals surface area contributed by atoms with Crippen molar-refractivity contribution in [1.82, 2.24) is 5.32 Å². The molecule has 0 heterocycles. The zero-order valence-corrected chi connectivity index (χ0v) is 10.6. The first-order valence-corrected chi connectivity index (χ1v) is 6.63. The van der Waals surface area contributed by atoms with E-state index >= 15 is 0 Å². The first-order valence-electron chi connectivity index (χ1n) is 6.63. The maximum absolute atomic E-state index is 5.40. The Bertz CT molecular complexity index is 202. The van der Waals surface area contributed by atoms with Crippen LogP contribution in [0.15, 0.2) is 0 Å². The lowest BCUT2D eigenvalue weighted by molar-refractivity contribution is 0.0604. The van der Waals surface area contributed by atoms with Gasteiger partial charge in [-0.2, -0.15) is 0 Å². The smallest absolute Gasteiger partial charge is 0.0586 e. The van der Waals surface area contributed by atoms with Crippen molar-refractivity contribution < 1.29 is 9.47 Å². The number of rotatable bonds is 4. The van der Waals surface area contributed by atoms with Gasteiger partial charge in [0.05, 0.1) is 12.2 Å². The summed E-state index contributed by atoms with van der Waals surface area (Å²) in [4.78, 5) is 0. The molecule has 2 unspecified atom stereocenters. The lowest BCUT2D eigenvalue weighted by Gasteiger charge is -2.30. The minimum atomic E-state index is 0.493. The Morgan fingerprint density at radius 2 is 1.31 bits per heavy atom. The number of hydrogen-bond donors (Lipinski definition) is 1. The molecule has 0 aromatic heterocycles. The normalized spacial score (nSPS) is 40.1. The molecule has 1 N–H and O–H groups in total. The highest BCUT2D eigenvalue weighted by molar-refractivity contribution is 4.86. The first kappa shape index (κ1) is 12.3. The van der Waals surface area contributed by atoms with Crippen LogP contribution in [0, 0.1) is 0 Å². The Morgan fingerprint density at radius 3 is 1.88 bits per heavy atom. The molecule has 0 aromatic rings. The van der Waals surface area contributed by atoms with Crippen molar-refractivity contribution in [3.05, 3.63) is 0 Å². The molecule has 0 bridgehead atoms. The van der Waals surface area contributed by atoms with Crippen LogP contribution in [0.2, 0.25) is 0 Å². The fraction of sp³-hybridized carbons (Fsp3) is 1.00. The van der Waals surface area contributed by atoms with Crippen molar-refractivity contribution in [1.29, 1.82) is 0 Å². The Labute approximate surface area is 98.9 Å². The molecular weight excluding hydrogens is 202 g/mol. The summed E-state index contributed by atoms with van der Waals surface area (Å²) in [5.74, 6) is 0. The second-order valence-electron chi connectivity index (χ2n) is 5.24. The predicted molar refractivity (Wildman–Crippen MR) is 64.6 cm³/mol. The highest BCUT2D eigenvalue weighted by atomic mass is 16.5. The van der Waals surface area contributed by atoms with Crippen LogP contribution in [0.4, 0.5) is 0 Å². The van der Waals surface area contributed by atoms with E-state index in [4.69, 9.17) is 9.47 Å². The van der Waals surface area contributed by atoms with Gasteiger partial charge in [-0.1, -0.05) is 0 Å². The third-order valence-electron chi connectivity index (χ3n) is 4.20. The molecule has 94 valence electrons. The highest BCUT2D eigenvalue weighted by Crippen LogP contribution is 2.25. The molecule has 0 aliphatic heterocycles. The average molecular weight is 227 g/mol. The van der Waals surface area contributed by atoms with Crippen molar-refractivity contribution in [3.8, 4) is 0 Å². The maximum atomic E-state index is 5.40. The third-order valence-corrected chi connectivity index (χ3v) is 4.20. The predicted octanol–water partition coefficient (Wildman–Crippen LogP) is 2.10. The van der Waals surface area contributed by atoms with E-state index in [9.17, 15) is 0 Å². The van der Waals surface area contributed by atoms with E-state index < -0.39 is 0 Å². The van der Waals surface area contributed by atoms with Gasteiger partial charge in [0.15, 0.2) is 0 Å². The van der Waals surface area contributed by atoms with E-state index in [1.165, 1.54) is 44.9 Å². The molecule has 0 amide bonds. The van der Waals surface area contributed by atoms with Gasteiger partial charge in [-0.3, -0.25) is 0 Å². The van der Waals surface area contributed by atoms with Gasteiger partial charge < -0.3 is 14.8 Å². The molecule has 2 fully saturated rings. The topological polar surface area (TPSA) is 30.5 Å². The largest absolute Gasteiger partial charge is 0.381 e. The Kier molecular flexibility index (Phi) is 4.62. The summed E-state index contributed by atoms with van der Waals surface area (Å²) < 4.78 is 10.8. The second-order valence-corrected chi connectivity index (χ2v) is 5.24. The Hall–Kier alpha value is -0.120. The number of nitrogens with one attached hydrogen (secondary N) is 1. The molecule has 0 radical (unpaired) electrons. The van der Waals surface area contributed by atoms with Gasteiger partial charge in [-0.05, 0) is 44.9 Å². The molecule has 0 aromatic carbocycles. The van der Waals surface area contributed by atoms with Crippen molar-refractivity contribution in [2.45, 2.75) is 69.2 Å². The van der Waals surface area contributed by atoms with E-state index in [0.29, 0.717) is 24.3 Å². The molecule has 16 heavy (non-hydrogen) atoms. The lowest BCUT2D eigenvalue weighted by Crippen LogP contribution is -2.40. The van der Waals surface area contributed by atoms with Crippen LogP contribution >= 0.6 is 0 Å². The van der Waals surface area contributed by atoms with E-state index in [2.05, 4.69) is 5.32 Å². The number of ether oxygens (including phenoxy) is 2. The molecular formula is C13H25NO2. The fourth-order valence-corrected chi connectivity index (χ4v) is 3.10. The quantitative estimate of drug-likeness (QED) is 0.798. The first-order chi connectivity index (χ1) is 7.81. The van der Waals surface area contributed by atoms with Gasteiger partial charge >= 0.3 is 0 Å². The standard InChI is InChI=1S/C13H25NO2/c1-15-12-6-3-10(4-7-12)14-11-5-8-13(9-11)16-2/h10-14H,3-9H2,1-2H3. The van der Waals surface area contributed by atoms with Crippen molar-refractivity contribution in [2.24, 2.45) is 0 Å². The average Bonchev–Trinajstić information content (AvgIpc) is 2.78. The molecule has 0 spiro atoms. The van der Waals surface area contributed by atoms with Crippen LogP contribution < -0.4 is 5.32 Å². The van der Waals surface area contributed by atoms with Gasteiger partial charge in [0.1, 0.15) is 0 Å². The third kappa shape index (κ3) is 3.19. The van der Waals surface area contributed by atoms with Gasteiger partial charge in [0, 0.05) is 26.3 Å². The number of hydrogen-bond acceptors (Lipinski definition) is 3. The van der Waals surface area contributed by atoms with Crippen molar-refractivity contribution in [3.63, 3.8) is 0 Å². The summed E-state index contributed by atoms with van der Waals surface area (Å²) in [6.45, 7) is 0. The fourth-order valence-electron chi connectivity index (χ4n) is 3.10. The summed E-state index contributed by atoms with van der Waals surface area (Å²) in [6.07, 6.45) is 9.68. The van der Waals surface area contributed by atoms with Crippen LogP contribution in [0.1, 0.15) is 44.9 Å². The van der Waals surface area contributed by atoms with Gasteiger partial charge in [-0.15, -0.1) is 0 Å². The molecule has 2 saturated carbocycles. The summed E-state index contributed by atoms with van der Waals surface area (Å²) in [5.41, 5.74) is 0. The highest BCUT2D eigenvalue weighted by Gasteiger charge is 2.28. The van der Waals surface area contributed by atoms with Crippen LogP contribution in [-0.4, -0.2) is 38.5 Å². The molecule has 2 aliphatic carbocycles. The summed E-state index contributed by atoms with van der Waals surface area (Å²) >= 11 is 0. The summed E-state index contributed by atoms with van der Waals surface area (Å²) in [6, 6.07) is 1.40. The summed E-state index contributed by atoms with van der Waals surface area (Å²) in [5, 5.41) is 3.79. The van der Waals surface area contributed by atoms with Crippen molar-refractivity contribution >= 4 is 0 Å². The molecule has 2 aliphatic rings. The van der Waals surface area contributed by atoms with E-state index in [0.717, 1.165) is 0 Å². The van der Waals surface area contributed by atoms with Gasteiger partial charge in [0.2, 0.25) is 0 Å². The van der Waals surface area contributed by atoms with Crippen LogP contribution in [0.5, 0.6) is 0 Å². The zero-order valence-electron chi connectivity index (χ0n) is 10.6. The minimum Gasteiger partial charge on any atom is -0.381 e. The SMILES string of the molecule is COC1CCC(NC2CCC(OC)C2)CC1. The van der Waals surface area contributed by atoms with Crippen LogP contribution in [0.3, 0.4) is 0 Å². The molecule has 2 rings (SSSR count). The van der Waals surface area contributed by atoms with E-state index in [-0.39, 0.29) is 0 Å². The van der Waals surface area contributed by atoms with E-state index in [1.54, 1.807) is 0 Å². The molecule has 2 atom stereocenters.